The zero-order valence-electron chi connectivity index (χ0n) is 11.7. The number of nitrogens with one attached hydrogen (secondary N) is 1. The molecular weight excluding hydrogens is 242 g/mol. The van der Waals surface area contributed by atoms with E-state index >= 15 is 0 Å². The molecule has 0 aliphatic rings. The Morgan fingerprint density at radius 1 is 1.42 bits per heavy atom. The number of aryl methyl sites for hydroxylation is 1. The number of hydrogen-bond acceptors (Lipinski definition) is 5. The Kier molecular flexibility index (Phi) is 3.89. The minimum absolute atomic E-state index is 0.591. The summed E-state index contributed by atoms with van der Waals surface area (Å²) in [6.45, 7) is 0.666. The molecule has 6 heteroatoms. The largest absolute Gasteiger partial charge is 0.479 e. The zero-order chi connectivity index (χ0) is 13.8. The van der Waals surface area contributed by atoms with Gasteiger partial charge in [0.15, 0.2) is 0 Å². The summed E-state index contributed by atoms with van der Waals surface area (Å²) in [7, 11) is 7.57. The number of anilines is 2. The maximum Gasteiger partial charge on any atom is 0.239 e. The summed E-state index contributed by atoms with van der Waals surface area (Å²) in [4.78, 5) is 10.4. The molecule has 0 aliphatic carbocycles. The third-order valence-electron chi connectivity index (χ3n) is 2.93. The van der Waals surface area contributed by atoms with Gasteiger partial charge in [-0.3, -0.25) is 0 Å². The van der Waals surface area contributed by atoms with Gasteiger partial charge in [0.1, 0.15) is 5.69 Å². The van der Waals surface area contributed by atoms with E-state index in [-0.39, 0.29) is 0 Å². The molecule has 0 aliphatic heterocycles. The summed E-state index contributed by atoms with van der Waals surface area (Å²) < 4.78 is 7.29. The van der Waals surface area contributed by atoms with Gasteiger partial charge in [0.25, 0.3) is 0 Å². The molecule has 0 spiro atoms. The molecule has 102 valence electrons. The maximum absolute atomic E-state index is 5.31. The predicted molar refractivity (Wildman–Crippen MR) is 75.7 cm³/mol. The first kappa shape index (κ1) is 13.2. The quantitative estimate of drug-likeness (QED) is 0.884. The van der Waals surface area contributed by atoms with E-state index in [1.54, 1.807) is 19.6 Å². The maximum atomic E-state index is 5.31. The first-order chi connectivity index (χ1) is 9.13. The van der Waals surface area contributed by atoms with Crippen molar-refractivity contribution in [2.24, 2.45) is 7.05 Å². The molecule has 19 heavy (non-hydrogen) atoms. The van der Waals surface area contributed by atoms with E-state index in [1.165, 1.54) is 0 Å². The normalized spacial score (nSPS) is 10.3. The molecule has 0 aromatic carbocycles. The van der Waals surface area contributed by atoms with Crippen molar-refractivity contribution in [2.45, 2.75) is 6.54 Å². The molecule has 0 amide bonds. The first-order valence-corrected chi connectivity index (χ1v) is 6.03. The van der Waals surface area contributed by atoms with Gasteiger partial charge in [0, 0.05) is 33.5 Å². The SMILES string of the molecule is COc1nccc(N(C)C)c1NCc1cncn1C. The molecule has 0 saturated heterocycles. The minimum Gasteiger partial charge on any atom is -0.479 e. The number of methoxy groups -OCH3 is 1. The Morgan fingerprint density at radius 3 is 2.79 bits per heavy atom. The standard InChI is InChI=1S/C13H19N5O/c1-17(2)11-5-6-15-13(19-4)12(11)16-8-10-7-14-9-18(10)3/h5-7,9,16H,8H2,1-4H3. The molecule has 6 nitrogen and oxygen atoms in total. The molecule has 2 rings (SSSR count). The van der Waals surface area contributed by atoms with Gasteiger partial charge < -0.3 is 19.5 Å². The topological polar surface area (TPSA) is 55.2 Å². The van der Waals surface area contributed by atoms with Gasteiger partial charge in [0.2, 0.25) is 5.88 Å². The van der Waals surface area contributed by atoms with Crippen LogP contribution in [-0.4, -0.2) is 35.7 Å². The van der Waals surface area contributed by atoms with Gasteiger partial charge in [0.05, 0.1) is 31.4 Å². The number of pyridine rings is 1. The monoisotopic (exact) mass is 261 g/mol. The fourth-order valence-electron chi connectivity index (χ4n) is 1.86. The number of rotatable bonds is 5. The Morgan fingerprint density at radius 2 is 2.21 bits per heavy atom. The second kappa shape index (κ2) is 5.60. The predicted octanol–water partition coefficient (Wildman–Crippen LogP) is 1.50. The lowest BCUT2D eigenvalue weighted by atomic mass is 10.3. The highest BCUT2D eigenvalue weighted by Crippen LogP contribution is 2.32. The molecule has 1 N–H and O–H groups in total. The van der Waals surface area contributed by atoms with E-state index in [1.807, 2.05) is 42.9 Å². The van der Waals surface area contributed by atoms with Crippen LogP contribution in [0.2, 0.25) is 0 Å². The first-order valence-electron chi connectivity index (χ1n) is 6.03. The highest BCUT2D eigenvalue weighted by Gasteiger charge is 2.12. The average Bonchev–Trinajstić information content (AvgIpc) is 2.81. The van der Waals surface area contributed by atoms with Crippen molar-refractivity contribution in [3.8, 4) is 5.88 Å². The lowest BCUT2D eigenvalue weighted by Crippen LogP contribution is -2.14. The minimum atomic E-state index is 0.591. The summed E-state index contributed by atoms with van der Waals surface area (Å²) in [6, 6.07) is 1.95. The molecule has 0 bridgehead atoms. The molecule has 0 atom stereocenters. The Hall–Kier alpha value is -2.24. The van der Waals surface area contributed by atoms with Crippen molar-refractivity contribution in [1.82, 2.24) is 14.5 Å². The lowest BCUT2D eigenvalue weighted by Gasteiger charge is -2.20. The third-order valence-corrected chi connectivity index (χ3v) is 2.93. The molecule has 0 unspecified atom stereocenters. The Bertz CT molecular complexity index is 550. The van der Waals surface area contributed by atoms with Crippen LogP contribution in [-0.2, 0) is 13.6 Å². The van der Waals surface area contributed by atoms with Crippen molar-refractivity contribution in [1.29, 1.82) is 0 Å². The van der Waals surface area contributed by atoms with Gasteiger partial charge in [-0.15, -0.1) is 0 Å². The van der Waals surface area contributed by atoms with Crippen molar-refractivity contribution in [3.05, 3.63) is 30.5 Å². The fourth-order valence-corrected chi connectivity index (χ4v) is 1.86. The van der Waals surface area contributed by atoms with Gasteiger partial charge in [-0.05, 0) is 6.07 Å². The van der Waals surface area contributed by atoms with Crippen LogP contribution in [0.1, 0.15) is 5.69 Å². The molecular formula is C13H19N5O. The third kappa shape index (κ3) is 2.78. The van der Waals surface area contributed by atoms with Crippen LogP contribution in [0, 0.1) is 0 Å². The van der Waals surface area contributed by atoms with Crippen molar-refractivity contribution in [2.75, 3.05) is 31.4 Å². The summed E-state index contributed by atoms with van der Waals surface area (Å²) in [5.41, 5.74) is 3.01. The van der Waals surface area contributed by atoms with Crippen molar-refractivity contribution >= 4 is 11.4 Å². The van der Waals surface area contributed by atoms with Crippen LogP contribution >= 0.6 is 0 Å². The smallest absolute Gasteiger partial charge is 0.239 e. The highest BCUT2D eigenvalue weighted by molar-refractivity contribution is 5.74. The van der Waals surface area contributed by atoms with Gasteiger partial charge in [-0.25, -0.2) is 9.97 Å². The van der Waals surface area contributed by atoms with Crippen LogP contribution in [0.15, 0.2) is 24.8 Å². The fraction of sp³-hybridized carbons (Fsp3) is 0.385. The molecule has 2 aromatic rings. The van der Waals surface area contributed by atoms with Crippen LogP contribution in [0.5, 0.6) is 5.88 Å². The van der Waals surface area contributed by atoms with Crippen LogP contribution in [0.25, 0.3) is 0 Å². The van der Waals surface area contributed by atoms with E-state index < -0.39 is 0 Å². The lowest BCUT2D eigenvalue weighted by molar-refractivity contribution is 0.399. The van der Waals surface area contributed by atoms with Gasteiger partial charge >= 0.3 is 0 Å². The van der Waals surface area contributed by atoms with Crippen molar-refractivity contribution in [3.63, 3.8) is 0 Å². The molecule has 2 aromatic heterocycles. The zero-order valence-corrected chi connectivity index (χ0v) is 11.7. The molecule has 2 heterocycles. The highest BCUT2D eigenvalue weighted by atomic mass is 16.5. The number of nitrogens with zero attached hydrogens (tertiary/aromatic N) is 4. The number of aromatic nitrogens is 3. The summed E-state index contributed by atoms with van der Waals surface area (Å²) in [5.74, 6) is 0.591. The van der Waals surface area contributed by atoms with E-state index in [0.29, 0.717) is 12.4 Å². The Labute approximate surface area is 113 Å². The summed E-state index contributed by atoms with van der Waals surface area (Å²) in [5, 5.41) is 3.37. The van der Waals surface area contributed by atoms with Gasteiger partial charge in [-0.1, -0.05) is 0 Å². The number of imidazole rings is 1. The molecule has 0 saturated carbocycles. The van der Waals surface area contributed by atoms with Crippen molar-refractivity contribution < 1.29 is 4.74 Å². The average molecular weight is 261 g/mol. The summed E-state index contributed by atoms with van der Waals surface area (Å²) in [6.07, 6.45) is 5.36. The molecule has 0 fully saturated rings. The Balaban J connectivity index is 2.25. The van der Waals surface area contributed by atoms with Crippen LogP contribution < -0.4 is 15.0 Å². The van der Waals surface area contributed by atoms with Gasteiger partial charge in [-0.2, -0.15) is 0 Å². The van der Waals surface area contributed by atoms with E-state index in [9.17, 15) is 0 Å². The number of ether oxygens (including phenoxy) is 1. The van der Waals surface area contributed by atoms with E-state index in [0.717, 1.165) is 17.1 Å². The number of hydrogen-bond donors (Lipinski definition) is 1. The summed E-state index contributed by atoms with van der Waals surface area (Å²) >= 11 is 0. The van der Waals surface area contributed by atoms with Crippen LogP contribution in [0.4, 0.5) is 11.4 Å². The molecule has 0 radical (unpaired) electrons. The van der Waals surface area contributed by atoms with E-state index in [4.69, 9.17) is 4.74 Å². The van der Waals surface area contributed by atoms with E-state index in [2.05, 4.69) is 15.3 Å². The second-order valence-corrected chi connectivity index (χ2v) is 4.46. The second-order valence-electron chi connectivity index (χ2n) is 4.46. The van der Waals surface area contributed by atoms with Crippen LogP contribution in [0.3, 0.4) is 0 Å².